The van der Waals surface area contributed by atoms with Gasteiger partial charge >= 0.3 is 0 Å². The third kappa shape index (κ3) is 2.63. The maximum atomic E-state index is 6.12. The second kappa shape index (κ2) is 5.29. The van der Waals surface area contributed by atoms with E-state index in [2.05, 4.69) is 30.9 Å². The Morgan fingerprint density at radius 3 is 2.37 bits per heavy atom. The van der Waals surface area contributed by atoms with E-state index < -0.39 is 0 Å². The van der Waals surface area contributed by atoms with Crippen LogP contribution in [0.1, 0.15) is 19.3 Å². The molecule has 0 heterocycles. The smallest absolute Gasteiger partial charge is 0.121 e. The lowest BCUT2D eigenvalue weighted by molar-refractivity contribution is 0.0683. The van der Waals surface area contributed by atoms with Crippen LogP contribution in [-0.2, 0) is 0 Å². The number of anilines is 2. The van der Waals surface area contributed by atoms with E-state index >= 15 is 0 Å². The van der Waals surface area contributed by atoms with Gasteiger partial charge in [0.2, 0.25) is 0 Å². The number of nitrogens with zero attached hydrogens (tertiary/aromatic N) is 2. The Kier molecular flexibility index (Phi) is 3.90. The van der Waals surface area contributed by atoms with Gasteiger partial charge in [0.05, 0.1) is 18.5 Å². The summed E-state index contributed by atoms with van der Waals surface area (Å²) in [6.07, 6.45) is 3.85. The Hall–Kier alpha value is -1.42. The van der Waals surface area contributed by atoms with E-state index in [-0.39, 0.29) is 0 Å². The van der Waals surface area contributed by atoms with Crippen molar-refractivity contribution in [1.82, 2.24) is 4.90 Å². The Labute approximate surface area is 116 Å². The van der Waals surface area contributed by atoms with Crippen LogP contribution >= 0.6 is 0 Å². The van der Waals surface area contributed by atoms with Gasteiger partial charge in [0.25, 0.3) is 0 Å². The summed E-state index contributed by atoms with van der Waals surface area (Å²) in [5.41, 5.74) is 8.27. The van der Waals surface area contributed by atoms with Crippen molar-refractivity contribution < 1.29 is 4.74 Å². The van der Waals surface area contributed by atoms with Gasteiger partial charge in [0.1, 0.15) is 5.75 Å². The first kappa shape index (κ1) is 14.0. The summed E-state index contributed by atoms with van der Waals surface area (Å²) in [4.78, 5) is 4.61. The quantitative estimate of drug-likeness (QED) is 0.827. The van der Waals surface area contributed by atoms with Crippen molar-refractivity contribution in [3.05, 3.63) is 18.2 Å². The molecule has 0 aromatic heterocycles. The first-order valence-corrected chi connectivity index (χ1v) is 6.80. The summed E-state index contributed by atoms with van der Waals surface area (Å²) < 4.78 is 5.19. The van der Waals surface area contributed by atoms with Crippen LogP contribution in [0.4, 0.5) is 11.4 Å². The molecule has 2 N–H and O–H groups in total. The molecule has 0 radical (unpaired) electrons. The molecule has 4 nitrogen and oxygen atoms in total. The van der Waals surface area contributed by atoms with Gasteiger partial charge in [-0.15, -0.1) is 0 Å². The predicted octanol–water partition coefficient (Wildman–Crippen LogP) is 2.20. The average Bonchev–Trinajstić information content (AvgIpc) is 2.32. The number of hydrogen-bond donors (Lipinski definition) is 1. The molecule has 106 valence electrons. The summed E-state index contributed by atoms with van der Waals surface area (Å²) in [6.45, 7) is 1.01. The molecule has 0 saturated heterocycles. The standard InChI is InChI=1S/C15H25N3O/c1-17(2)15(8-5-9-15)11-18(3)14-7-6-12(19-4)10-13(14)16/h6-7,10H,5,8-9,11,16H2,1-4H3. The van der Waals surface area contributed by atoms with Gasteiger partial charge in [-0.3, -0.25) is 0 Å². The van der Waals surface area contributed by atoms with E-state index in [4.69, 9.17) is 10.5 Å². The highest BCUT2D eigenvalue weighted by atomic mass is 16.5. The maximum Gasteiger partial charge on any atom is 0.121 e. The zero-order valence-corrected chi connectivity index (χ0v) is 12.4. The van der Waals surface area contributed by atoms with Crippen LogP contribution in [0, 0.1) is 0 Å². The lowest BCUT2D eigenvalue weighted by Crippen LogP contribution is -2.56. The van der Waals surface area contributed by atoms with Crippen LogP contribution in [0.2, 0.25) is 0 Å². The van der Waals surface area contributed by atoms with Crippen molar-refractivity contribution >= 4 is 11.4 Å². The largest absolute Gasteiger partial charge is 0.497 e. The van der Waals surface area contributed by atoms with E-state index in [0.29, 0.717) is 5.54 Å². The highest BCUT2D eigenvalue weighted by Gasteiger charge is 2.40. The Morgan fingerprint density at radius 1 is 1.26 bits per heavy atom. The minimum atomic E-state index is 0.307. The summed E-state index contributed by atoms with van der Waals surface area (Å²) in [5.74, 6) is 0.806. The molecule has 4 heteroatoms. The number of ether oxygens (including phenoxy) is 1. The normalized spacial score (nSPS) is 17.1. The molecular formula is C15H25N3O. The number of likely N-dealkylation sites (N-methyl/N-ethyl adjacent to an activating group) is 2. The fraction of sp³-hybridized carbons (Fsp3) is 0.600. The molecule has 1 aliphatic carbocycles. The van der Waals surface area contributed by atoms with Crippen LogP contribution in [0.15, 0.2) is 18.2 Å². The molecule has 0 aliphatic heterocycles. The topological polar surface area (TPSA) is 41.7 Å². The number of rotatable bonds is 5. The minimum absolute atomic E-state index is 0.307. The molecule has 19 heavy (non-hydrogen) atoms. The molecule has 1 aliphatic rings. The Balaban J connectivity index is 2.13. The van der Waals surface area contributed by atoms with E-state index in [9.17, 15) is 0 Å². The van der Waals surface area contributed by atoms with Crippen LogP contribution < -0.4 is 15.4 Å². The van der Waals surface area contributed by atoms with Crippen LogP contribution in [0.3, 0.4) is 0 Å². The number of nitrogen functional groups attached to an aromatic ring is 1. The summed E-state index contributed by atoms with van der Waals surface area (Å²) >= 11 is 0. The number of nitrogens with two attached hydrogens (primary N) is 1. The maximum absolute atomic E-state index is 6.12. The third-order valence-electron chi connectivity index (χ3n) is 4.41. The lowest BCUT2D eigenvalue weighted by Gasteiger charge is -2.49. The van der Waals surface area contributed by atoms with Crippen molar-refractivity contribution in [2.75, 3.05) is 45.4 Å². The summed E-state index contributed by atoms with van der Waals surface area (Å²) in [6, 6.07) is 5.89. The number of hydrogen-bond acceptors (Lipinski definition) is 4. The average molecular weight is 263 g/mol. The molecule has 1 saturated carbocycles. The minimum Gasteiger partial charge on any atom is -0.497 e. The second-order valence-corrected chi connectivity index (χ2v) is 5.75. The van der Waals surface area contributed by atoms with Gasteiger partial charge in [-0.2, -0.15) is 0 Å². The molecule has 1 aromatic carbocycles. The second-order valence-electron chi connectivity index (χ2n) is 5.75. The summed E-state index contributed by atoms with van der Waals surface area (Å²) in [5, 5.41) is 0. The molecule has 2 rings (SSSR count). The van der Waals surface area contributed by atoms with Gasteiger partial charge < -0.3 is 20.3 Å². The monoisotopic (exact) mass is 263 g/mol. The van der Waals surface area contributed by atoms with Crippen molar-refractivity contribution in [3.63, 3.8) is 0 Å². The zero-order valence-electron chi connectivity index (χ0n) is 12.4. The van der Waals surface area contributed by atoms with Crippen molar-refractivity contribution in [3.8, 4) is 5.75 Å². The van der Waals surface area contributed by atoms with Gasteiger partial charge in [0.15, 0.2) is 0 Å². The molecule has 0 spiro atoms. The SMILES string of the molecule is COc1ccc(N(C)CC2(N(C)C)CCC2)c(N)c1. The molecule has 1 aromatic rings. The van der Waals surface area contributed by atoms with Gasteiger partial charge in [-0.25, -0.2) is 0 Å². The van der Waals surface area contributed by atoms with E-state index in [0.717, 1.165) is 23.7 Å². The van der Waals surface area contributed by atoms with Crippen LogP contribution in [0.5, 0.6) is 5.75 Å². The predicted molar refractivity (Wildman–Crippen MR) is 80.9 cm³/mol. The lowest BCUT2D eigenvalue weighted by atomic mass is 9.75. The first-order chi connectivity index (χ1) is 8.98. The molecular weight excluding hydrogens is 238 g/mol. The molecule has 0 amide bonds. The van der Waals surface area contributed by atoms with Crippen molar-refractivity contribution in [1.29, 1.82) is 0 Å². The van der Waals surface area contributed by atoms with Gasteiger partial charge in [-0.05, 0) is 45.5 Å². The molecule has 1 fully saturated rings. The number of benzene rings is 1. The summed E-state index contributed by atoms with van der Waals surface area (Å²) in [7, 11) is 8.12. The third-order valence-corrected chi connectivity index (χ3v) is 4.41. The van der Waals surface area contributed by atoms with E-state index in [1.54, 1.807) is 7.11 Å². The Bertz CT molecular complexity index is 441. The first-order valence-electron chi connectivity index (χ1n) is 6.80. The zero-order chi connectivity index (χ0) is 14.0. The fourth-order valence-corrected chi connectivity index (χ4v) is 2.87. The van der Waals surface area contributed by atoms with E-state index in [1.807, 2.05) is 18.2 Å². The fourth-order valence-electron chi connectivity index (χ4n) is 2.87. The molecule has 0 atom stereocenters. The van der Waals surface area contributed by atoms with Crippen molar-refractivity contribution in [2.45, 2.75) is 24.8 Å². The van der Waals surface area contributed by atoms with Crippen LogP contribution in [-0.4, -0.2) is 45.2 Å². The van der Waals surface area contributed by atoms with Gasteiger partial charge in [0, 0.05) is 25.2 Å². The highest BCUT2D eigenvalue weighted by molar-refractivity contribution is 5.69. The van der Waals surface area contributed by atoms with E-state index in [1.165, 1.54) is 19.3 Å². The van der Waals surface area contributed by atoms with Crippen LogP contribution in [0.25, 0.3) is 0 Å². The van der Waals surface area contributed by atoms with Crippen molar-refractivity contribution in [2.24, 2.45) is 0 Å². The van der Waals surface area contributed by atoms with Gasteiger partial charge in [-0.1, -0.05) is 0 Å². The molecule has 0 unspecified atom stereocenters. The highest BCUT2D eigenvalue weighted by Crippen LogP contribution is 2.38. The number of methoxy groups -OCH3 is 1. The molecule has 0 bridgehead atoms. The Morgan fingerprint density at radius 2 is 1.95 bits per heavy atom.